The lowest BCUT2D eigenvalue weighted by atomic mass is 10.3. The van der Waals surface area contributed by atoms with E-state index in [0.29, 0.717) is 5.95 Å². The number of anilines is 1. The molecular weight excluding hydrogens is 415 g/mol. The summed E-state index contributed by atoms with van der Waals surface area (Å²) in [6.45, 7) is 1.13. The van der Waals surface area contributed by atoms with Crippen LogP contribution in [-0.2, 0) is 16.6 Å². The summed E-state index contributed by atoms with van der Waals surface area (Å²) in [5.74, 6) is -0.417. The predicted molar refractivity (Wildman–Crippen MR) is 95.0 cm³/mol. The van der Waals surface area contributed by atoms with Crippen molar-refractivity contribution >= 4 is 16.0 Å². The first-order valence-electron chi connectivity index (χ1n) is 8.56. The SMILES string of the molecule is COc1nc(CNS(=O)(=O)c2ccccc2OC(F)(F)F)nc(N2CCCC2)n1. The first-order chi connectivity index (χ1) is 13.7. The Morgan fingerprint density at radius 1 is 1.14 bits per heavy atom. The van der Waals surface area contributed by atoms with Gasteiger partial charge in [-0.2, -0.15) is 15.0 Å². The molecule has 0 bridgehead atoms. The standard InChI is InChI=1S/C16H18F3N5O4S/c1-27-15-22-13(21-14(23-15)24-8-4-5-9-24)10-20-29(25,26)12-7-3-2-6-11(12)28-16(17,18)19/h2-3,6-7,20H,4-5,8-10H2,1H3. The minimum Gasteiger partial charge on any atom is -0.467 e. The second-order valence-electron chi connectivity index (χ2n) is 6.05. The Morgan fingerprint density at radius 3 is 2.48 bits per heavy atom. The van der Waals surface area contributed by atoms with E-state index in [1.807, 2.05) is 4.90 Å². The molecule has 1 saturated heterocycles. The number of halogens is 3. The normalized spacial score (nSPS) is 14.8. The van der Waals surface area contributed by atoms with E-state index in [9.17, 15) is 21.6 Å². The molecule has 0 saturated carbocycles. The predicted octanol–water partition coefficient (Wildman–Crippen LogP) is 1.86. The molecule has 1 aromatic heterocycles. The summed E-state index contributed by atoms with van der Waals surface area (Å²) in [5, 5.41) is 0. The van der Waals surface area contributed by atoms with Gasteiger partial charge in [-0.05, 0) is 25.0 Å². The number of para-hydroxylation sites is 1. The van der Waals surface area contributed by atoms with Gasteiger partial charge in [0.25, 0.3) is 0 Å². The fourth-order valence-corrected chi connectivity index (χ4v) is 3.84. The topological polar surface area (TPSA) is 107 Å². The number of methoxy groups -OCH3 is 1. The highest BCUT2D eigenvalue weighted by Gasteiger charge is 2.34. The molecule has 1 aliphatic rings. The van der Waals surface area contributed by atoms with Crippen LogP contribution in [0.5, 0.6) is 11.8 Å². The molecule has 0 amide bonds. The molecule has 29 heavy (non-hydrogen) atoms. The summed E-state index contributed by atoms with van der Waals surface area (Å²) >= 11 is 0. The van der Waals surface area contributed by atoms with Crippen LogP contribution >= 0.6 is 0 Å². The summed E-state index contributed by atoms with van der Waals surface area (Å²) in [4.78, 5) is 13.6. The fraction of sp³-hybridized carbons (Fsp3) is 0.438. The fourth-order valence-electron chi connectivity index (χ4n) is 2.73. The van der Waals surface area contributed by atoms with E-state index in [2.05, 4.69) is 24.4 Å². The number of hydrogen-bond donors (Lipinski definition) is 1. The van der Waals surface area contributed by atoms with E-state index in [0.717, 1.165) is 38.1 Å². The van der Waals surface area contributed by atoms with Crippen LogP contribution in [0.15, 0.2) is 29.2 Å². The number of ether oxygens (including phenoxy) is 2. The summed E-state index contributed by atoms with van der Waals surface area (Å²) in [6.07, 6.45) is -3.07. The Hall–Kier alpha value is -2.67. The van der Waals surface area contributed by atoms with E-state index in [-0.39, 0.29) is 18.4 Å². The first-order valence-corrected chi connectivity index (χ1v) is 10.0. The third kappa shape index (κ3) is 5.44. The van der Waals surface area contributed by atoms with Crippen LogP contribution in [0.2, 0.25) is 0 Å². The van der Waals surface area contributed by atoms with Gasteiger partial charge in [0.15, 0.2) is 5.82 Å². The molecule has 1 N–H and O–H groups in total. The summed E-state index contributed by atoms with van der Waals surface area (Å²) in [5.41, 5.74) is 0. The highest BCUT2D eigenvalue weighted by atomic mass is 32.2. The minimum absolute atomic E-state index is 0.0110. The Kier molecular flexibility index (Phi) is 6.07. The second kappa shape index (κ2) is 8.37. The molecule has 1 aromatic carbocycles. The third-order valence-electron chi connectivity index (χ3n) is 4.01. The lowest BCUT2D eigenvalue weighted by molar-refractivity contribution is -0.275. The molecule has 9 nitrogen and oxygen atoms in total. The lowest BCUT2D eigenvalue weighted by Gasteiger charge is -2.16. The number of hydrogen-bond acceptors (Lipinski definition) is 8. The highest BCUT2D eigenvalue weighted by Crippen LogP contribution is 2.29. The Labute approximate surface area is 164 Å². The quantitative estimate of drug-likeness (QED) is 0.705. The highest BCUT2D eigenvalue weighted by molar-refractivity contribution is 7.89. The van der Waals surface area contributed by atoms with Crippen molar-refractivity contribution in [1.29, 1.82) is 0 Å². The van der Waals surface area contributed by atoms with Gasteiger partial charge in [-0.3, -0.25) is 0 Å². The van der Waals surface area contributed by atoms with Gasteiger partial charge < -0.3 is 14.4 Å². The maximum absolute atomic E-state index is 12.6. The van der Waals surface area contributed by atoms with Crippen LogP contribution in [-0.4, -0.2) is 49.9 Å². The van der Waals surface area contributed by atoms with Gasteiger partial charge in [0.1, 0.15) is 10.6 Å². The van der Waals surface area contributed by atoms with Crippen molar-refractivity contribution in [2.75, 3.05) is 25.1 Å². The van der Waals surface area contributed by atoms with Gasteiger partial charge in [-0.25, -0.2) is 13.1 Å². The summed E-state index contributed by atoms with van der Waals surface area (Å²) in [6, 6.07) is 4.46. The molecular formula is C16H18F3N5O4S. The van der Waals surface area contributed by atoms with E-state index in [1.54, 1.807) is 0 Å². The van der Waals surface area contributed by atoms with Crippen LogP contribution in [0.4, 0.5) is 19.1 Å². The van der Waals surface area contributed by atoms with Gasteiger partial charge >= 0.3 is 12.4 Å². The zero-order valence-electron chi connectivity index (χ0n) is 15.3. The van der Waals surface area contributed by atoms with Crippen molar-refractivity contribution in [1.82, 2.24) is 19.7 Å². The minimum atomic E-state index is -5.03. The zero-order valence-corrected chi connectivity index (χ0v) is 16.1. The summed E-state index contributed by atoms with van der Waals surface area (Å²) in [7, 11) is -2.98. The van der Waals surface area contributed by atoms with Gasteiger partial charge in [0.05, 0.1) is 13.7 Å². The van der Waals surface area contributed by atoms with E-state index in [1.165, 1.54) is 19.2 Å². The third-order valence-corrected chi connectivity index (χ3v) is 5.45. The molecule has 2 heterocycles. The van der Waals surface area contributed by atoms with Crippen molar-refractivity contribution < 1.29 is 31.1 Å². The smallest absolute Gasteiger partial charge is 0.467 e. The maximum atomic E-state index is 12.6. The molecule has 3 rings (SSSR count). The number of nitrogens with one attached hydrogen (secondary N) is 1. The van der Waals surface area contributed by atoms with Crippen molar-refractivity contribution in [3.05, 3.63) is 30.1 Å². The average Bonchev–Trinajstić information content (AvgIpc) is 3.20. The zero-order chi connectivity index (χ0) is 21.1. The Balaban J connectivity index is 1.81. The van der Waals surface area contributed by atoms with Crippen LogP contribution in [0.3, 0.4) is 0 Å². The summed E-state index contributed by atoms with van der Waals surface area (Å²) < 4.78 is 73.8. The Bertz CT molecular complexity index is 965. The number of benzene rings is 1. The lowest BCUT2D eigenvalue weighted by Crippen LogP contribution is -2.27. The largest absolute Gasteiger partial charge is 0.573 e. The van der Waals surface area contributed by atoms with E-state index < -0.39 is 27.0 Å². The first kappa shape index (κ1) is 21.0. The van der Waals surface area contributed by atoms with Crippen molar-refractivity contribution in [3.8, 4) is 11.8 Å². The molecule has 0 atom stereocenters. The number of rotatable bonds is 7. The van der Waals surface area contributed by atoms with Crippen molar-refractivity contribution in [2.24, 2.45) is 0 Å². The Morgan fingerprint density at radius 2 is 1.83 bits per heavy atom. The molecule has 2 aromatic rings. The van der Waals surface area contributed by atoms with Crippen LogP contribution in [0.25, 0.3) is 0 Å². The number of nitrogens with zero attached hydrogens (tertiary/aromatic N) is 4. The van der Waals surface area contributed by atoms with Gasteiger partial charge in [0.2, 0.25) is 16.0 Å². The van der Waals surface area contributed by atoms with Crippen LogP contribution in [0.1, 0.15) is 18.7 Å². The molecule has 0 spiro atoms. The number of aromatic nitrogens is 3. The van der Waals surface area contributed by atoms with E-state index in [4.69, 9.17) is 4.74 Å². The molecule has 0 aliphatic carbocycles. The molecule has 1 fully saturated rings. The second-order valence-corrected chi connectivity index (χ2v) is 7.79. The average molecular weight is 433 g/mol. The van der Waals surface area contributed by atoms with Gasteiger partial charge in [0, 0.05) is 13.1 Å². The molecule has 1 aliphatic heterocycles. The monoisotopic (exact) mass is 433 g/mol. The van der Waals surface area contributed by atoms with Crippen LogP contribution in [0, 0.1) is 0 Å². The van der Waals surface area contributed by atoms with Crippen molar-refractivity contribution in [3.63, 3.8) is 0 Å². The number of alkyl halides is 3. The number of sulfonamides is 1. The van der Waals surface area contributed by atoms with Gasteiger partial charge in [-0.15, -0.1) is 13.2 Å². The van der Waals surface area contributed by atoms with E-state index >= 15 is 0 Å². The molecule has 0 radical (unpaired) electrons. The van der Waals surface area contributed by atoms with Crippen LogP contribution < -0.4 is 19.1 Å². The molecule has 158 valence electrons. The van der Waals surface area contributed by atoms with Gasteiger partial charge in [-0.1, -0.05) is 12.1 Å². The maximum Gasteiger partial charge on any atom is 0.573 e. The molecule has 0 unspecified atom stereocenters. The van der Waals surface area contributed by atoms with Crippen molar-refractivity contribution in [2.45, 2.75) is 30.6 Å². The molecule has 13 heteroatoms.